The van der Waals surface area contributed by atoms with E-state index in [1.807, 2.05) is 30.0 Å². The fourth-order valence-electron chi connectivity index (χ4n) is 2.82. The molecule has 1 aromatic carbocycles. The second-order valence-electron chi connectivity index (χ2n) is 6.20. The van der Waals surface area contributed by atoms with Gasteiger partial charge in [0.05, 0.1) is 23.9 Å². The first kappa shape index (κ1) is 16.0. The molecule has 23 heavy (non-hydrogen) atoms. The Morgan fingerprint density at radius 2 is 2.22 bits per heavy atom. The third-order valence-electron chi connectivity index (χ3n) is 4.26. The lowest BCUT2D eigenvalue weighted by atomic mass is 9.94. The van der Waals surface area contributed by atoms with Crippen LogP contribution in [0.4, 0.5) is 0 Å². The number of carbonyl (C=O) groups excluding carboxylic acids is 1. The van der Waals surface area contributed by atoms with Gasteiger partial charge in [-0.3, -0.25) is 4.79 Å². The highest BCUT2D eigenvalue weighted by Gasteiger charge is 2.35. The number of amides is 1. The van der Waals surface area contributed by atoms with Crippen LogP contribution in [0.15, 0.2) is 24.3 Å². The number of nitrogens with zero attached hydrogens (tertiary/aromatic N) is 2. The Morgan fingerprint density at radius 3 is 2.78 bits per heavy atom. The largest absolute Gasteiger partial charge is 0.497 e. The molecule has 0 bridgehead atoms. The zero-order valence-corrected chi connectivity index (χ0v) is 14.8. The molecule has 1 aromatic heterocycles. The Morgan fingerprint density at radius 1 is 1.43 bits per heavy atom. The van der Waals surface area contributed by atoms with Crippen LogP contribution in [0.3, 0.4) is 0 Å². The number of ether oxygens (including phenoxy) is 1. The van der Waals surface area contributed by atoms with Gasteiger partial charge in [-0.15, -0.1) is 11.3 Å². The molecule has 0 saturated carbocycles. The molecule has 2 aromatic rings. The molecule has 122 valence electrons. The summed E-state index contributed by atoms with van der Waals surface area (Å²) >= 11 is 1.53. The van der Waals surface area contributed by atoms with E-state index < -0.39 is 0 Å². The van der Waals surface area contributed by atoms with Crippen molar-refractivity contribution in [1.82, 2.24) is 9.88 Å². The number of thiazole rings is 1. The van der Waals surface area contributed by atoms with Gasteiger partial charge in [0.1, 0.15) is 10.6 Å². The minimum atomic E-state index is 0.103. The van der Waals surface area contributed by atoms with Crippen LogP contribution in [0.5, 0.6) is 5.75 Å². The van der Waals surface area contributed by atoms with Gasteiger partial charge in [-0.05, 0) is 31.0 Å². The van der Waals surface area contributed by atoms with E-state index in [0.29, 0.717) is 5.92 Å². The van der Waals surface area contributed by atoms with E-state index in [-0.39, 0.29) is 11.9 Å². The molecule has 2 heterocycles. The van der Waals surface area contributed by atoms with E-state index >= 15 is 0 Å². The van der Waals surface area contributed by atoms with Gasteiger partial charge in [0.25, 0.3) is 5.91 Å². The summed E-state index contributed by atoms with van der Waals surface area (Å²) in [6.45, 7) is 6.94. The number of rotatable bonds is 4. The first-order valence-corrected chi connectivity index (χ1v) is 8.75. The molecule has 3 rings (SSSR count). The van der Waals surface area contributed by atoms with Crippen LogP contribution in [0.25, 0.3) is 0 Å². The summed E-state index contributed by atoms with van der Waals surface area (Å²) in [7, 11) is 1.66. The summed E-state index contributed by atoms with van der Waals surface area (Å²) in [6.07, 6.45) is 0.994. The summed E-state index contributed by atoms with van der Waals surface area (Å²) in [5.74, 6) is 1.29. The van der Waals surface area contributed by atoms with E-state index in [9.17, 15) is 4.79 Å². The van der Waals surface area contributed by atoms with Crippen LogP contribution in [0.1, 0.15) is 58.2 Å². The van der Waals surface area contributed by atoms with Gasteiger partial charge < -0.3 is 9.64 Å². The van der Waals surface area contributed by atoms with Crippen molar-refractivity contribution in [1.29, 1.82) is 0 Å². The fraction of sp³-hybridized carbons (Fsp3) is 0.444. The fourth-order valence-corrected chi connectivity index (χ4v) is 3.84. The highest BCUT2D eigenvalue weighted by molar-refractivity contribution is 7.13. The van der Waals surface area contributed by atoms with Crippen molar-refractivity contribution >= 4 is 17.2 Å². The number of likely N-dealkylation sites (tertiary alicyclic amines) is 1. The van der Waals surface area contributed by atoms with Crippen LogP contribution >= 0.6 is 11.3 Å². The number of aryl methyl sites for hydroxylation is 1. The Hall–Kier alpha value is -1.88. The smallest absolute Gasteiger partial charge is 0.266 e. The summed E-state index contributed by atoms with van der Waals surface area (Å²) in [5, 5.41) is 1.03. The highest BCUT2D eigenvalue weighted by atomic mass is 32.1. The summed E-state index contributed by atoms with van der Waals surface area (Å²) in [4.78, 5) is 20.2. The molecule has 1 amide bonds. The summed E-state index contributed by atoms with van der Waals surface area (Å²) < 4.78 is 5.29. The van der Waals surface area contributed by atoms with Crippen LogP contribution < -0.4 is 4.74 Å². The van der Waals surface area contributed by atoms with E-state index in [1.54, 1.807) is 7.11 Å². The Balaban J connectivity index is 1.83. The van der Waals surface area contributed by atoms with Crippen molar-refractivity contribution in [3.63, 3.8) is 0 Å². The van der Waals surface area contributed by atoms with E-state index in [0.717, 1.165) is 39.9 Å². The predicted octanol–water partition coefficient (Wildman–Crippen LogP) is 4.17. The van der Waals surface area contributed by atoms with Crippen LogP contribution in [-0.4, -0.2) is 29.4 Å². The standard InChI is InChI=1S/C18H22N2O2S/c1-11(2)17-19-12(3)16(23-17)18(21)20-9-8-15(20)13-6-5-7-14(10-13)22-4/h5-7,10-11,15H,8-9H2,1-4H3/t15-/m1/s1. The maximum absolute atomic E-state index is 12.9. The van der Waals surface area contributed by atoms with Crippen molar-refractivity contribution in [2.45, 2.75) is 39.2 Å². The SMILES string of the molecule is COc1cccc([C@H]2CCN2C(=O)c2sc(C(C)C)nc2C)c1. The minimum Gasteiger partial charge on any atom is -0.497 e. The molecule has 1 fully saturated rings. The normalized spacial score (nSPS) is 17.3. The monoisotopic (exact) mass is 330 g/mol. The number of hydrogen-bond acceptors (Lipinski definition) is 4. The van der Waals surface area contributed by atoms with Gasteiger partial charge >= 0.3 is 0 Å². The molecule has 0 unspecified atom stereocenters. The van der Waals surface area contributed by atoms with Gasteiger partial charge in [-0.25, -0.2) is 4.98 Å². The van der Waals surface area contributed by atoms with E-state index in [4.69, 9.17) is 4.74 Å². The molecular weight excluding hydrogens is 308 g/mol. The zero-order valence-electron chi connectivity index (χ0n) is 14.0. The Kier molecular flexibility index (Phi) is 4.39. The molecule has 5 heteroatoms. The number of methoxy groups -OCH3 is 1. The highest BCUT2D eigenvalue weighted by Crippen LogP contribution is 2.37. The molecule has 0 N–H and O–H groups in total. The average Bonchev–Trinajstić information content (AvgIpc) is 2.88. The zero-order chi connectivity index (χ0) is 16.6. The molecular formula is C18H22N2O2S. The quantitative estimate of drug-likeness (QED) is 0.845. The van der Waals surface area contributed by atoms with E-state index in [1.165, 1.54) is 11.3 Å². The second-order valence-corrected chi connectivity index (χ2v) is 7.23. The first-order valence-electron chi connectivity index (χ1n) is 7.93. The van der Waals surface area contributed by atoms with Gasteiger partial charge in [-0.1, -0.05) is 26.0 Å². The van der Waals surface area contributed by atoms with Crippen molar-refractivity contribution in [3.8, 4) is 5.75 Å². The molecule has 0 aliphatic carbocycles. The first-order chi connectivity index (χ1) is 11.0. The molecule has 0 radical (unpaired) electrons. The van der Waals surface area contributed by atoms with Gasteiger partial charge in [0.2, 0.25) is 0 Å². The Labute approximate surface area is 141 Å². The van der Waals surface area contributed by atoms with E-state index in [2.05, 4.69) is 24.9 Å². The lowest BCUT2D eigenvalue weighted by Gasteiger charge is -2.41. The maximum atomic E-state index is 12.9. The Bertz CT molecular complexity index is 724. The molecule has 4 nitrogen and oxygen atoms in total. The van der Waals surface area contributed by atoms with Crippen LogP contribution in [-0.2, 0) is 0 Å². The van der Waals surface area contributed by atoms with Crippen molar-refractivity contribution < 1.29 is 9.53 Å². The van der Waals surface area contributed by atoms with Crippen molar-refractivity contribution in [3.05, 3.63) is 45.4 Å². The summed E-state index contributed by atoms with van der Waals surface area (Å²) in [6, 6.07) is 8.12. The lowest BCUT2D eigenvalue weighted by molar-refractivity contribution is 0.0464. The molecule has 1 atom stereocenters. The number of aromatic nitrogens is 1. The maximum Gasteiger partial charge on any atom is 0.266 e. The number of carbonyl (C=O) groups is 1. The van der Waals surface area contributed by atoms with Crippen molar-refractivity contribution in [2.75, 3.05) is 13.7 Å². The second kappa shape index (κ2) is 6.32. The molecule has 1 saturated heterocycles. The number of benzene rings is 1. The predicted molar refractivity (Wildman–Crippen MR) is 92.3 cm³/mol. The lowest BCUT2D eigenvalue weighted by Crippen LogP contribution is -2.45. The molecule has 1 aliphatic rings. The number of hydrogen-bond donors (Lipinski definition) is 0. The average molecular weight is 330 g/mol. The third kappa shape index (κ3) is 2.98. The van der Waals surface area contributed by atoms with Crippen LogP contribution in [0, 0.1) is 6.92 Å². The van der Waals surface area contributed by atoms with Crippen molar-refractivity contribution in [2.24, 2.45) is 0 Å². The summed E-state index contributed by atoms with van der Waals surface area (Å²) in [5.41, 5.74) is 1.98. The third-order valence-corrected chi connectivity index (χ3v) is 5.71. The van der Waals surface area contributed by atoms with Gasteiger partial charge in [-0.2, -0.15) is 0 Å². The van der Waals surface area contributed by atoms with Crippen LogP contribution in [0.2, 0.25) is 0 Å². The van der Waals surface area contributed by atoms with Gasteiger partial charge in [0.15, 0.2) is 0 Å². The topological polar surface area (TPSA) is 42.4 Å². The molecule has 1 aliphatic heterocycles. The van der Waals surface area contributed by atoms with Gasteiger partial charge in [0, 0.05) is 12.5 Å². The molecule has 0 spiro atoms. The minimum absolute atomic E-state index is 0.103.